The second kappa shape index (κ2) is 8.55. The van der Waals surface area contributed by atoms with Gasteiger partial charge in [-0.1, -0.05) is 18.2 Å². The number of nitrogens with one attached hydrogen (secondary N) is 1. The second-order valence-electron chi connectivity index (χ2n) is 5.02. The number of hydrogen-bond acceptors (Lipinski definition) is 4. The van der Waals surface area contributed by atoms with E-state index in [9.17, 15) is 4.79 Å². The quantitative estimate of drug-likeness (QED) is 0.744. The Labute approximate surface area is 121 Å². The molecule has 1 aromatic carbocycles. The van der Waals surface area contributed by atoms with E-state index in [2.05, 4.69) is 24.1 Å². The first-order valence-corrected chi connectivity index (χ1v) is 6.92. The number of amides is 1. The summed E-state index contributed by atoms with van der Waals surface area (Å²) in [5.74, 6) is 0.554. The average Bonchev–Trinajstić information content (AvgIpc) is 2.45. The van der Waals surface area contributed by atoms with Crippen LogP contribution in [-0.2, 0) is 11.3 Å². The third-order valence-electron chi connectivity index (χ3n) is 3.22. The number of ether oxygens (including phenoxy) is 1. The number of hydrogen-bond donors (Lipinski definition) is 2. The predicted octanol–water partition coefficient (Wildman–Crippen LogP) is 0.981. The Bertz CT molecular complexity index is 421. The Morgan fingerprint density at radius 3 is 2.75 bits per heavy atom. The van der Waals surface area contributed by atoms with Crippen molar-refractivity contribution in [2.24, 2.45) is 5.73 Å². The maximum absolute atomic E-state index is 11.7. The number of nitrogens with zero attached hydrogens (tertiary/aromatic N) is 1. The van der Waals surface area contributed by atoms with Crippen LogP contribution in [0.2, 0.25) is 0 Å². The maximum atomic E-state index is 11.7. The molecule has 0 fully saturated rings. The van der Waals surface area contributed by atoms with E-state index in [1.54, 1.807) is 0 Å². The van der Waals surface area contributed by atoms with E-state index >= 15 is 0 Å². The van der Waals surface area contributed by atoms with Gasteiger partial charge in [0.05, 0.1) is 0 Å². The third kappa shape index (κ3) is 5.59. The highest BCUT2D eigenvalue weighted by Gasteiger charge is 2.07. The van der Waals surface area contributed by atoms with Gasteiger partial charge in [0, 0.05) is 31.2 Å². The minimum absolute atomic E-state index is 0.0163. The molecule has 0 aliphatic heterocycles. The van der Waals surface area contributed by atoms with Crippen LogP contribution in [0.4, 0.5) is 0 Å². The van der Waals surface area contributed by atoms with Crippen LogP contribution in [-0.4, -0.2) is 43.6 Å². The van der Waals surface area contributed by atoms with Gasteiger partial charge in [-0.15, -0.1) is 0 Å². The summed E-state index contributed by atoms with van der Waals surface area (Å²) in [5, 5.41) is 2.84. The van der Waals surface area contributed by atoms with Crippen LogP contribution < -0.4 is 15.8 Å². The molecule has 0 spiro atoms. The lowest BCUT2D eigenvalue weighted by molar-refractivity contribution is -0.123. The van der Waals surface area contributed by atoms with Crippen molar-refractivity contribution in [1.29, 1.82) is 0 Å². The van der Waals surface area contributed by atoms with Crippen molar-refractivity contribution < 1.29 is 9.53 Å². The van der Waals surface area contributed by atoms with Crippen molar-refractivity contribution in [3.63, 3.8) is 0 Å². The first kappa shape index (κ1) is 16.5. The minimum atomic E-state index is -0.117. The lowest BCUT2D eigenvalue weighted by Gasteiger charge is -2.20. The fourth-order valence-electron chi connectivity index (χ4n) is 1.64. The molecule has 0 saturated carbocycles. The van der Waals surface area contributed by atoms with Crippen molar-refractivity contribution in [3.8, 4) is 5.75 Å². The normalized spacial score (nSPS) is 10.9. The Kier molecular flexibility index (Phi) is 7.04. The molecule has 5 nitrogen and oxygen atoms in total. The van der Waals surface area contributed by atoms with Crippen LogP contribution in [0.1, 0.15) is 19.4 Å². The van der Waals surface area contributed by atoms with Gasteiger partial charge in [0.25, 0.3) is 5.91 Å². The molecular formula is C15H25N3O2. The number of rotatable bonds is 8. The summed E-state index contributed by atoms with van der Waals surface area (Å²) in [6.45, 7) is 6.10. The van der Waals surface area contributed by atoms with E-state index in [0.29, 0.717) is 24.9 Å². The van der Waals surface area contributed by atoms with Crippen LogP contribution in [0.25, 0.3) is 0 Å². The number of benzene rings is 1. The van der Waals surface area contributed by atoms with Gasteiger partial charge in [0.15, 0.2) is 6.61 Å². The van der Waals surface area contributed by atoms with E-state index in [0.717, 1.165) is 12.1 Å². The van der Waals surface area contributed by atoms with Gasteiger partial charge in [-0.25, -0.2) is 0 Å². The molecule has 1 rings (SSSR count). The fourth-order valence-corrected chi connectivity index (χ4v) is 1.64. The van der Waals surface area contributed by atoms with Gasteiger partial charge < -0.3 is 20.7 Å². The number of nitrogens with two attached hydrogens (primary N) is 1. The summed E-state index contributed by atoms with van der Waals surface area (Å²) in [7, 11) is 2.03. The Morgan fingerprint density at radius 2 is 2.10 bits per heavy atom. The summed E-state index contributed by atoms with van der Waals surface area (Å²) in [5.41, 5.74) is 6.52. The number of carbonyl (C=O) groups is 1. The van der Waals surface area contributed by atoms with E-state index < -0.39 is 0 Å². The van der Waals surface area contributed by atoms with Gasteiger partial charge in [-0.05, 0) is 27.0 Å². The van der Waals surface area contributed by atoms with Crippen LogP contribution >= 0.6 is 0 Å². The molecule has 0 heterocycles. The molecule has 0 aliphatic carbocycles. The molecule has 0 radical (unpaired) electrons. The summed E-state index contributed by atoms with van der Waals surface area (Å²) >= 11 is 0. The molecule has 1 aromatic rings. The standard InChI is InChI=1S/C15H25N3O2/c1-12(2)18(3)9-8-17-15(19)11-20-14-7-5-4-6-13(14)10-16/h4-7,12H,8-11,16H2,1-3H3,(H,17,19). The average molecular weight is 279 g/mol. The van der Waals surface area contributed by atoms with E-state index in [-0.39, 0.29) is 12.5 Å². The molecule has 3 N–H and O–H groups in total. The molecule has 0 aromatic heterocycles. The number of para-hydroxylation sites is 1. The highest BCUT2D eigenvalue weighted by atomic mass is 16.5. The molecule has 0 bridgehead atoms. The van der Waals surface area contributed by atoms with Crippen LogP contribution in [0.5, 0.6) is 5.75 Å². The van der Waals surface area contributed by atoms with Gasteiger partial charge in [0.2, 0.25) is 0 Å². The zero-order chi connectivity index (χ0) is 15.0. The summed E-state index contributed by atoms with van der Waals surface area (Å²) in [6, 6.07) is 7.95. The molecule has 0 atom stereocenters. The SMILES string of the molecule is CC(C)N(C)CCNC(=O)COc1ccccc1CN. The molecule has 1 amide bonds. The fraction of sp³-hybridized carbons (Fsp3) is 0.533. The van der Waals surface area contributed by atoms with Gasteiger partial charge in [0.1, 0.15) is 5.75 Å². The zero-order valence-corrected chi connectivity index (χ0v) is 12.6. The highest BCUT2D eigenvalue weighted by molar-refractivity contribution is 5.77. The van der Waals surface area contributed by atoms with Gasteiger partial charge >= 0.3 is 0 Å². The maximum Gasteiger partial charge on any atom is 0.257 e. The number of carbonyl (C=O) groups excluding carboxylic acids is 1. The lowest BCUT2D eigenvalue weighted by atomic mass is 10.2. The van der Waals surface area contributed by atoms with Gasteiger partial charge in [-0.3, -0.25) is 4.79 Å². The minimum Gasteiger partial charge on any atom is -0.483 e. The smallest absolute Gasteiger partial charge is 0.257 e. The lowest BCUT2D eigenvalue weighted by Crippen LogP contribution is -2.37. The van der Waals surface area contributed by atoms with Crippen molar-refractivity contribution >= 4 is 5.91 Å². The van der Waals surface area contributed by atoms with Crippen molar-refractivity contribution in [3.05, 3.63) is 29.8 Å². The van der Waals surface area contributed by atoms with E-state index in [1.165, 1.54) is 0 Å². The topological polar surface area (TPSA) is 67.6 Å². The molecule has 20 heavy (non-hydrogen) atoms. The predicted molar refractivity (Wildman–Crippen MR) is 80.6 cm³/mol. The highest BCUT2D eigenvalue weighted by Crippen LogP contribution is 2.16. The Balaban J connectivity index is 2.29. The molecule has 0 aliphatic rings. The Hall–Kier alpha value is -1.59. The third-order valence-corrected chi connectivity index (χ3v) is 3.22. The van der Waals surface area contributed by atoms with Crippen molar-refractivity contribution in [2.45, 2.75) is 26.4 Å². The summed E-state index contributed by atoms with van der Waals surface area (Å²) < 4.78 is 5.49. The van der Waals surface area contributed by atoms with Crippen LogP contribution in [0.15, 0.2) is 24.3 Å². The Morgan fingerprint density at radius 1 is 1.40 bits per heavy atom. The van der Waals surface area contributed by atoms with Gasteiger partial charge in [-0.2, -0.15) is 0 Å². The first-order chi connectivity index (χ1) is 9.54. The largest absolute Gasteiger partial charge is 0.483 e. The summed E-state index contributed by atoms with van der Waals surface area (Å²) in [6.07, 6.45) is 0. The first-order valence-electron chi connectivity index (χ1n) is 6.92. The monoisotopic (exact) mass is 279 g/mol. The molecule has 112 valence electrons. The number of likely N-dealkylation sites (N-methyl/N-ethyl adjacent to an activating group) is 1. The van der Waals surface area contributed by atoms with Crippen LogP contribution in [0.3, 0.4) is 0 Å². The molecule has 5 heteroatoms. The van der Waals surface area contributed by atoms with Crippen molar-refractivity contribution in [1.82, 2.24) is 10.2 Å². The molecule has 0 saturated heterocycles. The van der Waals surface area contributed by atoms with E-state index in [4.69, 9.17) is 10.5 Å². The van der Waals surface area contributed by atoms with Crippen LogP contribution in [0, 0.1) is 0 Å². The molecule has 0 unspecified atom stereocenters. The van der Waals surface area contributed by atoms with Crippen molar-refractivity contribution in [2.75, 3.05) is 26.7 Å². The van der Waals surface area contributed by atoms with E-state index in [1.807, 2.05) is 31.3 Å². The molecular weight excluding hydrogens is 254 g/mol. The second-order valence-corrected chi connectivity index (χ2v) is 5.02. The summed E-state index contributed by atoms with van der Waals surface area (Å²) in [4.78, 5) is 13.9. The zero-order valence-electron chi connectivity index (χ0n) is 12.6.